The van der Waals surface area contributed by atoms with E-state index in [4.69, 9.17) is 27.9 Å². The molecule has 0 fully saturated rings. The Kier molecular flexibility index (Phi) is 4.22. The summed E-state index contributed by atoms with van der Waals surface area (Å²) in [7, 11) is 0. The molecule has 5 nitrogen and oxygen atoms in total. The molecule has 2 aromatic carbocycles. The summed E-state index contributed by atoms with van der Waals surface area (Å²) < 4.78 is 5.42. The Morgan fingerprint density at radius 1 is 1.20 bits per heavy atom. The van der Waals surface area contributed by atoms with E-state index in [1.54, 1.807) is 6.07 Å². The smallest absolute Gasteiger partial charge is 0.313 e. The third-order valence-corrected chi connectivity index (χ3v) is 2.99. The maximum Gasteiger partial charge on any atom is 0.313 e. The number of hydrogen-bond acceptors (Lipinski definition) is 4. The van der Waals surface area contributed by atoms with Crippen molar-refractivity contribution in [3.8, 4) is 11.5 Å². The van der Waals surface area contributed by atoms with Gasteiger partial charge in [-0.3, -0.25) is 14.9 Å². The number of nitro benzene ring substituents is 1. The van der Waals surface area contributed by atoms with E-state index >= 15 is 0 Å². The van der Waals surface area contributed by atoms with Crippen LogP contribution in [0.15, 0.2) is 36.4 Å². The molecule has 0 spiro atoms. The van der Waals surface area contributed by atoms with Crippen molar-refractivity contribution in [2.45, 2.75) is 0 Å². The highest BCUT2D eigenvalue weighted by Gasteiger charge is 2.19. The van der Waals surface area contributed by atoms with E-state index in [2.05, 4.69) is 0 Å². The highest BCUT2D eigenvalue weighted by atomic mass is 35.5. The minimum atomic E-state index is -0.626. The Bertz CT molecular complexity index is 688. The van der Waals surface area contributed by atoms with E-state index in [0.29, 0.717) is 6.29 Å². The number of carbonyl (C=O) groups is 1. The van der Waals surface area contributed by atoms with Gasteiger partial charge in [0.1, 0.15) is 0 Å². The Labute approximate surface area is 123 Å². The SMILES string of the molecule is O=Cc1cccc(Cl)c1Oc1ccc(Cl)cc1[N+](=O)[O-]. The van der Waals surface area contributed by atoms with Crippen LogP contribution in [0, 0.1) is 10.1 Å². The summed E-state index contributed by atoms with van der Waals surface area (Å²) in [6.07, 6.45) is 0.558. The van der Waals surface area contributed by atoms with Crippen molar-refractivity contribution in [3.63, 3.8) is 0 Å². The van der Waals surface area contributed by atoms with E-state index in [1.807, 2.05) is 0 Å². The standard InChI is InChI=1S/C13H7Cl2NO4/c14-9-4-5-12(11(6-9)16(18)19)20-13-8(7-17)2-1-3-10(13)15/h1-7H. The normalized spacial score (nSPS) is 10.1. The molecule has 0 heterocycles. The number of halogens is 2. The minimum absolute atomic E-state index is 0.0457. The molecule has 20 heavy (non-hydrogen) atoms. The summed E-state index contributed by atoms with van der Waals surface area (Å²) in [4.78, 5) is 21.3. The van der Waals surface area contributed by atoms with Gasteiger partial charge in [-0.05, 0) is 24.3 Å². The lowest BCUT2D eigenvalue weighted by Crippen LogP contribution is -1.96. The van der Waals surface area contributed by atoms with Crippen molar-refractivity contribution in [2.24, 2.45) is 0 Å². The van der Waals surface area contributed by atoms with Gasteiger partial charge in [-0.2, -0.15) is 0 Å². The maximum atomic E-state index is 11.0. The molecule has 0 atom stereocenters. The lowest BCUT2D eigenvalue weighted by Gasteiger charge is -2.10. The van der Waals surface area contributed by atoms with Crippen LogP contribution in [0.3, 0.4) is 0 Å². The summed E-state index contributed by atoms with van der Waals surface area (Å²) in [6.45, 7) is 0. The Morgan fingerprint density at radius 3 is 2.60 bits per heavy atom. The molecule has 7 heteroatoms. The summed E-state index contributed by atoms with van der Waals surface area (Å²) in [5, 5.41) is 11.4. The van der Waals surface area contributed by atoms with Gasteiger partial charge < -0.3 is 4.74 Å². The molecular formula is C13H7Cl2NO4. The molecule has 0 N–H and O–H groups in total. The van der Waals surface area contributed by atoms with Crippen LogP contribution in [-0.2, 0) is 0 Å². The molecule has 0 unspecified atom stereocenters. The van der Waals surface area contributed by atoms with E-state index in [0.717, 1.165) is 6.07 Å². The maximum absolute atomic E-state index is 11.0. The highest BCUT2D eigenvalue weighted by molar-refractivity contribution is 6.32. The average molecular weight is 312 g/mol. The molecule has 2 rings (SSSR count). The summed E-state index contributed by atoms with van der Waals surface area (Å²) >= 11 is 11.7. The van der Waals surface area contributed by atoms with Crippen molar-refractivity contribution < 1.29 is 14.5 Å². The van der Waals surface area contributed by atoms with Crippen molar-refractivity contribution in [2.75, 3.05) is 0 Å². The summed E-state index contributed by atoms with van der Waals surface area (Å²) in [6, 6.07) is 8.55. The molecule has 0 aliphatic rings. The molecular weight excluding hydrogens is 305 g/mol. The third-order valence-electron chi connectivity index (χ3n) is 2.45. The molecule has 0 saturated carbocycles. The quantitative estimate of drug-likeness (QED) is 0.473. The van der Waals surface area contributed by atoms with Crippen LogP contribution in [0.25, 0.3) is 0 Å². The lowest BCUT2D eigenvalue weighted by atomic mass is 10.2. The minimum Gasteiger partial charge on any atom is -0.448 e. The van der Waals surface area contributed by atoms with Crippen molar-refractivity contribution in [3.05, 3.63) is 62.1 Å². The predicted octanol–water partition coefficient (Wildman–Crippen LogP) is 4.51. The second-order valence-electron chi connectivity index (χ2n) is 3.75. The van der Waals surface area contributed by atoms with Crippen LogP contribution in [0.4, 0.5) is 5.69 Å². The van der Waals surface area contributed by atoms with Gasteiger partial charge in [-0.1, -0.05) is 29.3 Å². The number of rotatable bonds is 4. The van der Waals surface area contributed by atoms with E-state index < -0.39 is 4.92 Å². The number of hydrogen-bond donors (Lipinski definition) is 0. The first-order valence-corrected chi connectivity index (χ1v) is 6.14. The molecule has 0 aliphatic heterocycles. The fourth-order valence-electron chi connectivity index (χ4n) is 1.56. The topological polar surface area (TPSA) is 69.4 Å². The number of nitrogens with zero attached hydrogens (tertiary/aromatic N) is 1. The first-order chi connectivity index (χ1) is 9.52. The van der Waals surface area contributed by atoms with Crippen molar-refractivity contribution >= 4 is 35.2 Å². The fourth-order valence-corrected chi connectivity index (χ4v) is 1.94. The largest absolute Gasteiger partial charge is 0.448 e. The van der Waals surface area contributed by atoms with Gasteiger partial charge in [0.05, 0.1) is 15.5 Å². The molecule has 0 radical (unpaired) electrons. The van der Waals surface area contributed by atoms with Crippen LogP contribution in [-0.4, -0.2) is 11.2 Å². The van der Waals surface area contributed by atoms with Crippen LogP contribution in [0.1, 0.15) is 10.4 Å². The molecule has 2 aromatic rings. The molecule has 0 saturated heterocycles. The zero-order valence-electron chi connectivity index (χ0n) is 9.88. The van der Waals surface area contributed by atoms with E-state index in [1.165, 1.54) is 24.3 Å². The van der Waals surface area contributed by atoms with Crippen LogP contribution in [0.2, 0.25) is 10.0 Å². The molecule has 0 bridgehead atoms. The van der Waals surface area contributed by atoms with Gasteiger partial charge in [0, 0.05) is 11.1 Å². The monoisotopic (exact) mass is 311 g/mol. The number of para-hydroxylation sites is 1. The van der Waals surface area contributed by atoms with Gasteiger partial charge in [0.15, 0.2) is 12.0 Å². The zero-order valence-corrected chi connectivity index (χ0v) is 11.4. The van der Waals surface area contributed by atoms with Crippen molar-refractivity contribution in [1.29, 1.82) is 0 Å². The first-order valence-electron chi connectivity index (χ1n) is 5.38. The van der Waals surface area contributed by atoms with E-state index in [9.17, 15) is 14.9 Å². The predicted molar refractivity (Wildman–Crippen MR) is 75.0 cm³/mol. The number of carbonyl (C=O) groups excluding carboxylic acids is 1. The van der Waals surface area contributed by atoms with Gasteiger partial charge in [0.25, 0.3) is 0 Å². The van der Waals surface area contributed by atoms with Crippen molar-refractivity contribution in [1.82, 2.24) is 0 Å². The van der Waals surface area contributed by atoms with Gasteiger partial charge in [-0.25, -0.2) is 0 Å². The zero-order chi connectivity index (χ0) is 14.7. The second-order valence-corrected chi connectivity index (χ2v) is 4.59. The van der Waals surface area contributed by atoms with Gasteiger partial charge >= 0.3 is 5.69 Å². The number of nitro groups is 1. The number of ether oxygens (including phenoxy) is 1. The van der Waals surface area contributed by atoms with Crippen LogP contribution < -0.4 is 4.74 Å². The lowest BCUT2D eigenvalue weighted by molar-refractivity contribution is -0.385. The average Bonchev–Trinajstić information content (AvgIpc) is 2.42. The Hall–Kier alpha value is -2.11. The van der Waals surface area contributed by atoms with Gasteiger partial charge in [0.2, 0.25) is 5.75 Å². The van der Waals surface area contributed by atoms with Gasteiger partial charge in [-0.15, -0.1) is 0 Å². The second kappa shape index (κ2) is 5.90. The molecule has 0 aromatic heterocycles. The fraction of sp³-hybridized carbons (Fsp3) is 0. The Balaban J connectivity index is 2.50. The molecule has 0 aliphatic carbocycles. The Morgan fingerprint density at radius 2 is 1.95 bits per heavy atom. The first kappa shape index (κ1) is 14.3. The molecule has 102 valence electrons. The molecule has 0 amide bonds. The summed E-state index contributed by atoms with van der Waals surface area (Å²) in [5.74, 6) is 0.0187. The summed E-state index contributed by atoms with van der Waals surface area (Å²) in [5.41, 5.74) is -0.115. The third kappa shape index (κ3) is 2.89. The van der Waals surface area contributed by atoms with Crippen LogP contribution >= 0.6 is 23.2 Å². The van der Waals surface area contributed by atoms with Crippen LogP contribution in [0.5, 0.6) is 11.5 Å². The highest BCUT2D eigenvalue weighted by Crippen LogP contribution is 2.37. The number of aldehydes is 1. The number of benzene rings is 2. The van der Waals surface area contributed by atoms with E-state index in [-0.39, 0.29) is 32.8 Å².